The van der Waals surface area contributed by atoms with Crippen molar-refractivity contribution in [2.75, 3.05) is 13.6 Å². The average Bonchev–Trinajstić information content (AvgIpc) is 2.98. The van der Waals surface area contributed by atoms with Crippen molar-refractivity contribution >= 4 is 5.91 Å². The molecular weight excluding hydrogens is 254 g/mol. The Labute approximate surface area is 120 Å². The number of carbonyl (C=O) groups is 1. The Balaban J connectivity index is 0.000000704. The molecule has 2 heterocycles. The second kappa shape index (κ2) is 6.35. The third-order valence-corrected chi connectivity index (χ3v) is 3.93. The molecule has 1 atom stereocenters. The highest BCUT2D eigenvalue weighted by Crippen LogP contribution is 2.39. The number of hydrogen-bond acceptors (Lipinski definition) is 4. The number of nitrogens with one attached hydrogen (secondary N) is 1. The van der Waals surface area contributed by atoms with Crippen molar-refractivity contribution in [3.8, 4) is 0 Å². The summed E-state index contributed by atoms with van der Waals surface area (Å²) in [5.41, 5.74) is 4.69. The van der Waals surface area contributed by atoms with Crippen molar-refractivity contribution in [1.82, 2.24) is 15.5 Å². The van der Waals surface area contributed by atoms with Gasteiger partial charge in [0.1, 0.15) is 0 Å². The van der Waals surface area contributed by atoms with Gasteiger partial charge in [0.05, 0.1) is 0 Å². The van der Waals surface area contributed by atoms with E-state index in [0.29, 0.717) is 11.6 Å². The number of hydrogen-bond donors (Lipinski definition) is 2. The molecule has 1 aromatic carbocycles. The van der Waals surface area contributed by atoms with E-state index in [-0.39, 0.29) is 0 Å². The van der Waals surface area contributed by atoms with Gasteiger partial charge in [0, 0.05) is 31.7 Å². The van der Waals surface area contributed by atoms with Gasteiger partial charge in [0.25, 0.3) is 5.91 Å². The van der Waals surface area contributed by atoms with Crippen LogP contribution >= 0.6 is 0 Å². The van der Waals surface area contributed by atoms with E-state index in [4.69, 9.17) is 5.21 Å². The minimum atomic E-state index is -0.450. The zero-order valence-electron chi connectivity index (χ0n) is 12.4. The molecule has 0 bridgehead atoms. The number of hydrazine groups is 1. The fraction of sp³-hybridized carbons (Fsp3) is 0.533. The largest absolute Gasteiger partial charge is 0.288 e. The number of carbonyl (C=O) groups excluding carboxylic acids is 1. The zero-order valence-corrected chi connectivity index (χ0v) is 12.4. The van der Waals surface area contributed by atoms with Crippen LogP contribution in [-0.4, -0.2) is 34.7 Å². The molecule has 20 heavy (non-hydrogen) atoms. The lowest BCUT2D eigenvalue weighted by Crippen LogP contribution is -2.42. The van der Waals surface area contributed by atoms with Gasteiger partial charge in [-0.05, 0) is 36.1 Å². The van der Waals surface area contributed by atoms with E-state index in [9.17, 15) is 4.79 Å². The lowest BCUT2D eigenvalue weighted by Gasteiger charge is -2.39. The number of fused-ring (bicyclic) bond motifs is 3. The smallest absolute Gasteiger partial charge is 0.274 e. The third kappa shape index (κ3) is 2.57. The van der Waals surface area contributed by atoms with Crippen LogP contribution in [0.1, 0.15) is 54.2 Å². The lowest BCUT2D eigenvalue weighted by molar-refractivity contribution is -0.0343. The Morgan fingerprint density at radius 2 is 2.15 bits per heavy atom. The fourth-order valence-electron chi connectivity index (χ4n) is 3.09. The van der Waals surface area contributed by atoms with Crippen LogP contribution in [0.2, 0.25) is 0 Å². The van der Waals surface area contributed by atoms with Crippen LogP contribution < -0.4 is 5.48 Å². The second-order valence-corrected chi connectivity index (χ2v) is 4.99. The van der Waals surface area contributed by atoms with Crippen LogP contribution in [0.25, 0.3) is 0 Å². The molecule has 1 amide bonds. The van der Waals surface area contributed by atoms with Crippen molar-refractivity contribution in [3.63, 3.8) is 0 Å². The first-order valence-corrected chi connectivity index (χ1v) is 7.25. The summed E-state index contributed by atoms with van der Waals surface area (Å²) < 4.78 is 0. The van der Waals surface area contributed by atoms with Crippen LogP contribution in [0.3, 0.4) is 0 Å². The molecule has 1 aromatic rings. The quantitative estimate of drug-likeness (QED) is 0.611. The monoisotopic (exact) mass is 277 g/mol. The van der Waals surface area contributed by atoms with E-state index in [2.05, 4.69) is 17.1 Å². The molecule has 2 N–H and O–H groups in total. The number of hydroxylamine groups is 1. The molecule has 5 nitrogen and oxygen atoms in total. The summed E-state index contributed by atoms with van der Waals surface area (Å²) >= 11 is 0. The fourth-order valence-corrected chi connectivity index (χ4v) is 3.09. The standard InChI is InChI=1S/C13H17N3O2.C2H6/c1-15-8-10-7-9(13(17)14-18)4-5-11(10)12-3-2-6-16(12)15;1-2/h4-5,7,12,18H,2-3,6,8H2,1H3,(H,14,17);1-2H3. The molecule has 0 aliphatic carbocycles. The van der Waals surface area contributed by atoms with Gasteiger partial charge in [-0.25, -0.2) is 15.5 Å². The Morgan fingerprint density at radius 1 is 1.40 bits per heavy atom. The predicted molar refractivity (Wildman–Crippen MR) is 77.2 cm³/mol. The highest BCUT2D eigenvalue weighted by molar-refractivity contribution is 5.93. The summed E-state index contributed by atoms with van der Waals surface area (Å²) in [7, 11) is 2.08. The first-order chi connectivity index (χ1) is 9.70. The number of rotatable bonds is 1. The van der Waals surface area contributed by atoms with E-state index in [1.54, 1.807) is 11.5 Å². The normalized spacial score (nSPS) is 21.5. The summed E-state index contributed by atoms with van der Waals surface area (Å²) in [6.45, 7) is 5.93. The lowest BCUT2D eigenvalue weighted by atomic mass is 9.95. The Bertz CT molecular complexity index is 490. The van der Waals surface area contributed by atoms with E-state index >= 15 is 0 Å². The number of benzene rings is 1. The van der Waals surface area contributed by atoms with Gasteiger partial charge in [-0.15, -0.1) is 0 Å². The van der Waals surface area contributed by atoms with Crippen molar-refractivity contribution in [2.45, 2.75) is 39.3 Å². The van der Waals surface area contributed by atoms with E-state index in [1.807, 2.05) is 26.0 Å². The highest BCUT2D eigenvalue weighted by Gasteiger charge is 2.34. The van der Waals surface area contributed by atoms with Crippen LogP contribution in [0, 0.1) is 0 Å². The van der Waals surface area contributed by atoms with Gasteiger partial charge in [0.2, 0.25) is 0 Å². The first kappa shape index (κ1) is 15.0. The minimum absolute atomic E-state index is 0.449. The molecule has 2 aliphatic heterocycles. The predicted octanol–water partition coefficient (Wildman–Crippen LogP) is 2.33. The molecule has 3 rings (SSSR count). The summed E-state index contributed by atoms with van der Waals surface area (Å²) in [5, 5.41) is 13.3. The zero-order chi connectivity index (χ0) is 14.7. The Hall–Kier alpha value is -1.43. The topological polar surface area (TPSA) is 55.8 Å². The third-order valence-electron chi connectivity index (χ3n) is 3.93. The Kier molecular flexibility index (Phi) is 4.75. The van der Waals surface area contributed by atoms with E-state index in [1.165, 1.54) is 24.0 Å². The number of nitrogens with zero attached hydrogens (tertiary/aromatic N) is 2. The second-order valence-electron chi connectivity index (χ2n) is 4.99. The van der Waals surface area contributed by atoms with Crippen molar-refractivity contribution in [3.05, 3.63) is 34.9 Å². The van der Waals surface area contributed by atoms with Gasteiger partial charge in [-0.1, -0.05) is 19.9 Å². The van der Waals surface area contributed by atoms with Gasteiger partial charge in [-0.3, -0.25) is 10.0 Å². The maximum atomic E-state index is 11.4. The van der Waals surface area contributed by atoms with Crippen LogP contribution in [0.15, 0.2) is 18.2 Å². The molecule has 0 spiro atoms. The van der Waals surface area contributed by atoms with Crippen LogP contribution in [0.4, 0.5) is 0 Å². The maximum absolute atomic E-state index is 11.4. The van der Waals surface area contributed by atoms with E-state index in [0.717, 1.165) is 13.1 Å². The SMILES string of the molecule is CC.CN1Cc2cc(C(=O)NO)ccc2C2CCCN21. The molecule has 1 fully saturated rings. The molecule has 5 heteroatoms. The average molecular weight is 277 g/mol. The minimum Gasteiger partial charge on any atom is -0.288 e. The molecule has 0 aromatic heterocycles. The van der Waals surface area contributed by atoms with Gasteiger partial charge >= 0.3 is 0 Å². The molecule has 0 radical (unpaired) electrons. The van der Waals surface area contributed by atoms with Crippen molar-refractivity contribution < 1.29 is 10.0 Å². The molecule has 110 valence electrons. The highest BCUT2D eigenvalue weighted by atomic mass is 16.5. The molecule has 2 aliphatic rings. The molecular formula is C15H23N3O2. The Morgan fingerprint density at radius 3 is 2.85 bits per heavy atom. The summed E-state index contributed by atoms with van der Waals surface area (Å²) in [6.07, 6.45) is 2.39. The molecule has 1 unspecified atom stereocenters. The van der Waals surface area contributed by atoms with Crippen LogP contribution in [0.5, 0.6) is 0 Å². The van der Waals surface area contributed by atoms with Gasteiger partial charge in [-0.2, -0.15) is 0 Å². The first-order valence-electron chi connectivity index (χ1n) is 7.25. The molecule has 0 saturated carbocycles. The van der Waals surface area contributed by atoms with E-state index < -0.39 is 5.91 Å². The van der Waals surface area contributed by atoms with Crippen molar-refractivity contribution in [2.24, 2.45) is 0 Å². The summed E-state index contributed by atoms with van der Waals surface area (Å²) in [4.78, 5) is 11.4. The van der Waals surface area contributed by atoms with Crippen LogP contribution in [-0.2, 0) is 6.54 Å². The van der Waals surface area contributed by atoms with Gasteiger partial charge < -0.3 is 0 Å². The summed E-state index contributed by atoms with van der Waals surface area (Å²) in [5.74, 6) is -0.450. The van der Waals surface area contributed by atoms with Gasteiger partial charge in [0.15, 0.2) is 0 Å². The number of amides is 1. The van der Waals surface area contributed by atoms with Crippen molar-refractivity contribution in [1.29, 1.82) is 0 Å². The molecule has 1 saturated heterocycles. The maximum Gasteiger partial charge on any atom is 0.274 e. The summed E-state index contributed by atoms with van der Waals surface area (Å²) in [6, 6.07) is 6.14.